The van der Waals surface area contributed by atoms with Gasteiger partial charge in [0.2, 0.25) is 0 Å². The zero-order valence-corrected chi connectivity index (χ0v) is 11.9. The van der Waals surface area contributed by atoms with E-state index in [-0.39, 0.29) is 17.7 Å². The van der Waals surface area contributed by atoms with Crippen LogP contribution in [0.4, 0.5) is 0 Å². The summed E-state index contributed by atoms with van der Waals surface area (Å²) in [6.45, 7) is 1.58. The first kappa shape index (κ1) is 13.2. The van der Waals surface area contributed by atoms with Gasteiger partial charge in [-0.15, -0.1) is 0 Å². The molecule has 0 amide bonds. The van der Waals surface area contributed by atoms with Crippen LogP contribution in [0, 0.1) is 0 Å². The molecular weight excluding hydrogens is 298 g/mol. The van der Waals surface area contributed by atoms with Crippen molar-refractivity contribution in [2.45, 2.75) is 32.1 Å². The Morgan fingerprint density at radius 1 is 1.56 bits per heavy atom. The number of carbonyl (C=O) groups excluding carboxylic acids is 2. The molecule has 96 valence electrons. The molecule has 5 heteroatoms. The summed E-state index contributed by atoms with van der Waals surface area (Å²) in [7, 11) is 1.37. The molecule has 0 saturated heterocycles. The molecule has 1 aliphatic carbocycles. The van der Waals surface area contributed by atoms with Gasteiger partial charge in [0, 0.05) is 18.0 Å². The number of aromatic nitrogens is 1. The van der Waals surface area contributed by atoms with Crippen molar-refractivity contribution in [3.8, 4) is 0 Å². The van der Waals surface area contributed by atoms with E-state index in [0.717, 1.165) is 24.1 Å². The Balaban J connectivity index is 2.44. The highest BCUT2D eigenvalue weighted by atomic mass is 79.9. The fraction of sp³-hybridized carbons (Fsp3) is 0.462. The second-order valence-electron chi connectivity index (χ2n) is 4.49. The average Bonchev–Trinajstić information content (AvgIpc) is 2.69. The lowest BCUT2D eigenvalue weighted by atomic mass is 10.00. The fourth-order valence-corrected chi connectivity index (χ4v) is 2.87. The molecule has 1 atom stereocenters. The maximum atomic E-state index is 11.7. The van der Waals surface area contributed by atoms with Gasteiger partial charge in [0.1, 0.15) is 10.4 Å². The molecule has 18 heavy (non-hydrogen) atoms. The Morgan fingerprint density at radius 3 is 2.89 bits per heavy atom. The number of hydrogen-bond acceptors (Lipinski definition) is 4. The van der Waals surface area contributed by atoms with Crippen molar-refractivity contribution in [3.63, 3.8) is 0 Å². The normalized spacial score (nSPS) is 17.4. The number of nitrogens with zero attached hydrogens (tertiary/aromatic N) is 1. The van der Waals surface area contributed by atoms with Gasteiger partial charge < -0.3 is 9.53 Å². The quantitative estimate of drug-likeness (QED) is 0.636. The second-order valence-corrected chi connectivity index (χ2v) is 5.30. The third-order valence-corrected chi connectivity index (χ3v) is 3.60. The van der Waals surface area contributed by atoms with Crippen molar-refractivity contribution in [1.29, 1.82) is 0 Å². The van der Waals surface area contributed by atoms with E-state index in [0.29, 0.717) is 16.6 Å². The molecule has 0 aromatic carbocycles. The molecule has 1 aromatic heterocycles. The summed E-state index contributed by atoms with van der Waals surface area (Å²) >= 11 is 3.30. The van der Waals surface area contributed by atoms with Crippen LogP contribution in [-0.2, 0) is 16.0 Å². The topological polar surface area (TPSA) is 56.3 Å². The van der Waals surface area contributed by atoms with Gasteiger partial charge in [-0.25, -0.2) is 9.78 Å². The Kier molecular flexibility index (Phi) is 3.80. The number of carbonyl (C=O) groups is 2. The molecule has 0 saturated carbocycles. The minimum atomic E-state index is -0.349. The van der Waals surface area contributed by atoms with E-state index < -0.39 is 0 Å². The van der Waals surface area contributed by atoms with E-state index in [2.05, 4.69) is 20.9 Å². The second kappa shape index (κ2) is 5.18. The van der Waals surface area contributed by atoms with Crippen molar-refractivity contribution in [2.75, 3.05) is 7.11 Å². The van der Waals surface area contributed by atoms with Crippen LogP contribution < -0.4 is 0 Å². The molecule has 2 rings (SSSR count). The molecular formula is C13H14BrNO3. The van der Waals surface area contributed by atoms with Gasteiger partial charge in [-0.1, -0.05) is 0 Å². The first-order valence-corrected chi connectivity index (χ1v) is 6.59. The molecule has 1 unspecified atom stereocenters. The summed E-state index contributed by atoms with van der Waals surface area (Å²) in [6, 6.07) is 1.68. The predicted octanol–water partition coefficient (Wildman–Crippen LogP) is 2.64. The number of halogens is 1. The van der Waals surface area contributed by atoms with Gasteiger partial charge in [-0.2, -0.15) is 0 Å². The highest BCUT2D eigenvalue weighted by Gasteiger charge is 2.30. The maximum absolute atomic E-state index is 11.7. The van der Waals surface area contributed by atoms with Crippen LogP contribution in [-0.4, -0.2) is 23.8 Å². The molecule has 0 spiro atoms. The summed E-state index contributed by atoms with van der Waals surface area (Å²) in [6.07, 6.45) is 2.12. The van der Waals surface area contributed by atoms with Crippen molar-refractivity contribution < 1.29 is 14.3 Å². The summed E-state index contributed by atoms with van der Waals surface area (Å²) in [5.41, 5.74) is 2.34. The third-order valence-electron chi connectivity index (χ3n) is 3.19. The fourth-order valence-electron chi connectivity index (χ4n) is 2.45. The van der Waals surface area contributed by atoms with Crippen LogP contribution in [0.15, 0.2) is 10.7 Å². The van der Waals surface area contributed by atoms with Crippen LogP contribution in [0.1, 0.15) is 47.3 Å². The first-order valence-electron chi connectivity index (χ1n) is 5.80. The largest absolute Gasteiger partial charge is 0.465 e. The lowest BCUT2D eigenvalue weighted by molar-refractivity contribution is -0.117. The van der Waals surface area contributed by atoms with Crippen molar-refractivity contribution in [3.05, 3.63) is 27.5 Å². The third kappa shape index (κ3) is 2.46. The Bertz CT molecular complexity index is 513. The van der Waals surface area contributed by atoms with Gasteiger partial charge >= 0.3 is 5.97 Å². The Hall–Kier alpha value is -1.23. The molecule has 1 aliphatic rings. The van der Waals surface area contributed by atoms with E-state index in [1.807, 2.05) is 0 Å². The van der Waals surface area contributed by atoms with Crippen molar-refractivity contribution in [2.24, 2.45) is 0 Å². The zero-order chi connectivity index (χ0) is 13.3. The molecule has 0 fully saturated rings. The summed E-state index contributed by atoms with van der Waals surface area (Å²) < 4.78 is 5.39. The number of ketones is 1. The van der Waals surface area contributed by atoms with Crippen LogP contribution in [0.2, 0.25) is 0 Å². The number of Topliss-reactive ketones (excluding diaryl/α,β-unsaturated/α-hetero) is 1. The number of ether oxygens (including phenoxy) is 1. The molecule has 0 radical (unpaired) electrons. The molecule has 0 N–H and O–H groups in total. The molecule has 0 bridgehead atoms. The lowest BCUT2D eigenvalue weighted by Crippen LogP contribution is -2.08. The minimum absolute atomic E-state index is 0.124. The molecule has 0 aliphatic heterocycles. The maximum Gasteiger partial charge on any atom is 0.338 e. The number of methoxy groups -OCH3 is 1. The Morgan fingerprint density at radius 2 is 2.28 bits per heavy atom. The van der Waals surface area contributed by atoms with Crippen molar-refractivity contribution >= 4 is 27.7 Å². The SMILES string of the molecule is COC(=O)c1cc(Br)nc2c1CCC2CC(C)=O. The van der Waals surface area contributed by atoms with E-state index in [4.69, 9.17) is 4.74 Å². The number of esters is 1. The van der Waals surface area contributed by atoms with E-state index in [1.165, 1.54) is 7.11 Å². The van der Waals surface area contributed by atoms with Crippen LogP contribution in [0.25, 0.3) is 0 Å². The zero-order valence-electron chi connectivity index (χ0n) is 10.3. The monoisotopic (exact) mass is 311 g/mol. The van der Waals surface area contributed by atoms with E-state index in [1.54, 1.807) is 13.0 Å². The molecule has 1 heterocycles. The number of hydrogen-bond donors (Lipinski definition) is 0. The standard InChI is InChI=1S/C13H14BrNO3/c1-7(16)5-8-3-4-9-10(13(17)18-2)6-11(14)15-12(8)9/h6,8H,3-5H2,1-2H3. The van der Waals surface area contributed by atoms with Gasteiger partial charge in [0.15, 0.2) is 0 Å². The summed E-state index contributed by atoms with van der Waals surface area (Å²) in [5.74, 6) is -0.0783. The highest BCUT2D eigenvalue weighted by Crippen LogP contribution is 2.37. The van der Waals surface area contributed by atoms with Crippen molar-refractivity contribution in [1.82, 2.24) is 4.98 Å². The van der Waals surface area contributed by atoms with Gasteiger partial charge in [-0.05, 0) is 47.3 Å². The average molecular weight is 312 g/mol. The van der Waals surface area contributed by atoms with E-state index >= 15 is 0 Å². The van der Waals surface area contributed by atoms with E-state index in [9.17, 15) is 9.59 Å². The predicted molar refractivity (Wildman–Crippen MR) is 69.6 cm³/mol. The summed E-state index contributed by atoms with van der Waals surface area (Å²) in [4.78, 5) is 27.4. The Labute approximate surface area is 114 Å². The first-order chi connectivity index (χ1) is 8.52. The number of pyridine rings is 1. The smallest absolute Gasteiger partial charge is 0.338 e. The summed E-state index contributed by atoms with van der Waals surface area (Å²) in [5, 5.41) is 0. The molecule has 4 nitrogen and oxygen atoms in total. The van der Waals surface area contributed by atoms with Crippen LogP contribution >= 0.6 is 15.9 Å². The van der Waals surface area contributed by atoms with Crippen LogP contribution in [0.3, 0.4) is 0 Å². The molecule has 1 aromatic rings. The number of fused-ring (bicyclic) bond motifs is 1. The highest BCUT2D eigenvalue weighted by molar-refractivity contribution is 9.10. The lowest BCUT2D eigenvalue weighted by Gasteiger charge is -2.10. The van der Waals surface area contributed by atoms with Gasteiger partial charge in [0.25, 0.3) is 0 Å². The minimum Gasteiger partial charge on any atom is -0.465 e. The van der Waals surface area contributed by atoms with Gasteiger partial charge in [0.05, 0.1) is 12.7 Å². The van der Waals surface area contributed by atoms with Gasteiger partial charge in [-0.3, -0.25) is 0 Å². The van der Waals surface area contributed by atoms with Crippen LogP contribution in [0.5, 0.6) is 0 Å². The number of rotatable bonds is 3.